The molecule has 0 aromatic rings. The smallest absolute Gasteiger partial charge is 0.308 e. The molecule has 2 aliphatic rings. The zero-order chi connectivity index (χ0) is 11.0. The van der Waals surface area contributed by atoms with Gasteiger partial charge in [-0.2, -0.15) is 0 Å². The molecular formula is C12H20O3. The van der Waals surface area contributed by atoms with Gasteiger partial charge in [0.05, 0.1) is 12.0 Å². The fraction of sp³-hybridized carbons (Fsp3) is 0.917. The van der Waals surface area contributed by atoms with Crippen molar-refractivity contribution in [3.8, 4) is 0 Å². The van der Waals surface area contributed by atoms with Crippen LogP contribution in [-0.4, -0.2) is 22.3 Å². The molecule has 2 rings (SSSR count). The molecule has 3 heteroatoms. The number of aliphatic hydroxyl groups excluding tert-OH is 1. The minimum Gasteiger partial charge on any atom is -0.481 e. The summed E-state index contributed by atoms with van der Waals surface area (Å²) in [6.45, 7) is 1.60. The maximum absolute atomic E-state index is 10.7. The Morgan fingerprint density at radius 3 is 2.60 bits per heavy atom. The van der Waals surface area contributed by atoms with Crippen molar-refractivity contribution >= 4 is 5.97 Å². The van der Waals surface area contributed by atoms with Gasteiger partial charge in [0, 0.05) is 0 Å². The first-order valence-electron chi connectivity index (χ1n) is 5.98. The van der Waals surface area contributed by atoms with Gasteiger partial charge in [-0.05, 0) is 50.4 Å². The molecule has 3 nitrogen and oxygen atoms in total. The molecule has 0 spiro atoms. The van der Waals surface area contributed by atoms with Crippen molar-refractivity contribution in [1.29, 1.82) is 0 Å². The van der Waals surface area contributed by atoms with Gasteiger partial charge in [-0.3, -0.25) is 4.79 Å². The number of fused-ring (bicyclic) bond motifs is 2. The average Bonchev–Trinajstić information content (AvgIpc) is 2.77. The van der Waals surface area contributed by atoms with Crippen LogP contribution in [0.2, 0.25) is 0 Å². The lowest BCUT2D eigenvalue weighted by atomic mass is 9.82. The third-order valence-electron chi connectivity index (χ3n) is 4.40. The number of rotatable bonds is 4. The van der Waals surface area contributed by atoms with E-state index in [1.807, 2.05) is 0 Å². The summed E-state index contributed by atoms with van der Waals surface area (Å²) in [5, 5.41) is 18.6. The van der Waals surface area contributed by atoms with Crippen LogP contribution in [-0.2, 0) is 4.79 Å². The standard InChI is InChI=1S/C12H20O3/c1-7(12(14)15)11(13)6-10-5-8-2-3-9(10)4-8/h7-11,13H,2-6H2,1H3,(H,14,15)/t7-,8-,9+,10-,11-/m1/s1. The Morgan fingerprint density at radius 1 is 1.40 bits per heavy atom. The second-order valence-electron chi connectivity index (χ2n) is 5.36. The average molecular weight is 212 g/mol. The van der Waals surface area contributed by atoms with Crippen molar-refractivity contribution in [2.75, 3.05) is 0 Å². The van der Waals surface area contributed by atoms with E-state index in [1.165, 1.54) is 25.7 Å². The number of carboxylic acid groups (broad SMARTS) is 1. The molecule has 2 bridgehead atoms. The van der Waals surface area contributed by atoms with Crippen molar-refractivity contribution in [2.24, 2.45) is 23.7 Å². The summed E-state index contributed by atoms with van der Waals surface area (Å²) in [4.78, 5) is 10.7. The zero-order valence-electron chi connectivity index (χ0n) is 9.22. The molecule has 86 valence electrons. The summed E-state index contributed by atoms with van der Waals surface area (Å²) < 4.78 is 0. The largest absolute Gasteiger partial charge is 0.481 e. The van der Waals surface area contributed by atoms with Crippen molar-refractivity contribution in [3.63, 3.8) is 0 Å². The topological polar surface area (TPSA) is 57.5 Å². The van der Waals surface area contributed by atoms with Crippen LogP contribution in [0.1, 0.15) is 39.0 Å². The van der Waals surface area contributed by atoms with E-state index in [2.05, 4.69) is 0 Å². The van der Waals surface area contributed by atoms with E-state index >= 15 is 0 Å². The normalized spacial score (nSPS) is 37.9. The Labute approximate surface area is 90.5 Å². The first kappa shape index (κ1) is 10.9. The second-order valence-corrected chi connectivity index (χ2v) is 5.36. The molecule has 0 aromatic carbocycles. The van der Waals surface area contributed by atoms with Gasteiger partial charge >= 0.3 is 5.97 Å². The summed E-state index contributed by atoms with van der Waals surface area (Å²) in [6.07, 6.45) is 5.21. The first-order valence-corrected chi connectivity index (χ1v) is 5.98. The quantitative estimate of drug-likeness (QED) is 0.748. The van der Waals surface area contributed by atoms with Crippen LogP contribution < -0.4 is 0 Å². The van der Waals surface area contributed by atoms with Crippen LogP contribution in [0.5, 0.6) is 0 Å². The number of carbonyl (C=O) groups is 1. The fourth-order valence-electron chi connectivity index (χ4n) is 3.34. The third-order valence-corrected chi connectivity index (χ3v) is 4.40. The van der Waals surface area contributed by atoms with Gasteiger partial charge in [0.15, 0.2) is 0 Å². The van der Waals surface area contributed by atoms with Gasteiger partial charge in [0.2, 0.25) is 0 Å². The first-order chi connectivity index (χ1) is 7.08. The number of aliphatic hydroxyl groups is 1. The second kappa shape index (κ2) is 4.12. The minimum atomic E-state index is -0.884. The molecule has 0 radical (unpaired) electrons. The third kappa shape index (κ3) is 2.17. The van der Waals surface area contributed by atoms with Gasteiger partial charge in [0.25, 0.3) is 0 Å². The van der Waals surface area contributed by atoms with E-state index in [1.54, 1.807) is 6.92 Å². The molecular weight excluding hydrogens is 192 g/mol. The van der Waals surface area contributed by atoms with Crippen LogP contribution in [0, 0.1) is 23.7 Å². The SMILES string of the molecule is C[C@@H](C(=O)O)[C@H](O)C[C@H]1C[C@@H]2CC[C@H]1C2. The molecule has 2 aliphatic carbocycles. The Bertz CT molecular complexity index is 251. The van der Waals surface area contributed by atoms with Crippen molar-refractivity contribution in [2.45, 2.75) is 45.1 Å². The minimum absolute atomic E-state index is 0.584. The lowest BCUT2D eigenvalue weighted by Gasteiger charge is -2.25. The maximum Gasteiger partial charge on any atom is 0.308 e. The maximum atomic E-state index is 10.7. The molecule has 0 saturated heterocycles. The van der Waals surface area contributed by atoms with Gasteiger partial charge in [-0.15, -0.1) is 0 Å². The van der Waals surface area contributed by atoms with E-state index in [4.69, 9.17) is 5.11 Å². The van der Waals surface area contributed by atoms with Gasteiger partial charge < -0.3 is 10.2 Å². The lowest BCUT2D eigenvalue weighted by molar-refractivity contribution is -0.145. The number of hydrogen-bond acceptors (Lipinski definition) is 2. The predicted molar refractivity (Wildman–Crippen MR) is 56.4 cm³/mol. The molecule has 0 aromatic heterocycles. The van der Waals surface area contributed by atoms with Gasteiger partial charge in [0.1, 0.15) is 0 Å². The zero-order valence-corrected chi connectivity index (χ0v) is 9.22. The summed E-state index contributed by atoms with van der Waals surface area (Å²) in [5.74, 6) is 0.716. The molecule has 2 N–H and O–H groups in total. The molecule has 0 heterocycles. The van der Waals surface area contributed by atoms with Crippen LogP contribution in [0.4, 0.5) is 0 Å². The summed E-state index contributed by atoms with van der Waals surface area (Å²) in [6, 6.07) is 0. The van der Waals surface area contributed by atoms with E-state index < -0.39 is 18.0 Å². The highest BCUT2D eigenvalue weighted by atomic mass is 16.4. The molecule has 0 unspecified atom stereocenters. The van der Waals surface area contributed by atoms with Crippen molar-refractivity contribution in [3.05, 3.63) is 0 Å². The van der Waals surface area contributed by atoms with Gasteiger partial charge in [-0.1, -0.05) is 6.42 Å². The van der Waals surface area contributed by atoms with Crippen molar-refractivity contribution in [1.82, 2.24) is 0 Å². The summed E-state index contributed by atoms with van der Waals surface area (Å²) in [5.41, 5.74) is 0. The fourth-order valence-corrected chi connectivity index (χ4v) is 3.34. The highest BCUT2D eigenvalue weighted by molar-refractivity contribution is 5.70. The number of carboxylic acids is 1. The Hall–Kier alpha value is -0.570. The van der Waals surface area contributed by atoms with E-state index in [0.717, 1.165) is 11.8 Å². The van der Waals surface area contributed by atoms with Crippen LogP contribution in [0.25, 0.3) is 0 Å². The molecule has 2 saturated carbocycles. The lowest BCUT2D eigenvalue weighted by Crippen LogP contribution is -2.29. The highest BCUT2D eigenvalue weighted by Gasteiger charge is 2.40. The Balaban J connectivity index is 1.84. The van der Waals surface area contributed by atoms with Crippen LogP contribution in [0.3, 0.4) is 0 Å². The van der Waals surface area contributed by atoms with E-state index in [0.29, 0.717) is 12.3 Å². The highest BCUT2D eigenvalue weighted by Crippen LogP contribution is 2.50. The Morgan fingerprint density at radius 2 is 2.13 bits per heavy atom. The van der Waals surface area contributed by atoms with Crippen molar-refractivity contribution < 1.29 is 15.0 Å². The molecule has 2 fully saturated rings. The van der Waals surface area contributed by atoms with E-state index in [-0.39, 0.29) is 0 Å². The summed E-state index contributed by atoms with van der Waals surface area (Å²) in [7, 11) is 0. The van der Waals surface area contributed by atoms with Gasteiger partial charge in [-0.25, -0.2) is 0 Å². The summed E-state index contributed by atoms with van der Waals surface area (Å²) >= 11 is 0. The molecule has 5 atom stereocenters. The Kier molecular flexibility index (Phi) is 3.01. The van der Waals surface area contributed by atoms with Crippen LogP contribution in [0.15, 0.2) is 0 Å². The predicted octanol–water partition coefficient (Wildman–Crippen LogP) is 1.89. The monoisotopic (exact) mass is 212 g/mol. The molecule has 0 aliphatic heterocycles. The molecule has 0 amide bonds. The number of aliphatic carboxylic acids is 1. The number of hydrogen-bond donors (Lipinski definition) is 2. The van der Waals surface area contributed by atoms with E-state index in [9.17, 15) is 9.90 Å². The molecule has 15 heavy (non-hydrogen) atoms. The van der Waals surface area contributed by atoms with Crippen LogP contribution >= 0.6 is 0 Å².